The Labute approximate surface area is 93.1 Å². The van der Waals surface area contributed by atoms with Crippen molar-refractivity contribution in [2.75, 3.05) is 6.54 Å². The number of rotatable bonds is 5. The van der Waals surface area contributed by atoms with Crippen LogP contribution in [0.2, 0.25) is 4.34 Å². The third-order valence-electron chi connectivity index (χ3n) is 2.07. The van der Waals surface area contributed by atoms with Gasteiger partial charge in [-0.05, 0) is 13.3 Å². The summed E-state index contributed by atoms with van der Waals surface area (Å²) in [5.74, 6) is 0. The number of thiazole rings is 1. The van der Waals surface area contributed by atoms with Crippen LogP contribution in [0.25, 0.3) is 0 Å². The zero-order chi connectivity index (χ0) is 10.6. The summed E-state index contributed by atoms with van der Waals surface area (Å²) in [5.41, 5.74) is -0.638. The molecule has 0 bridgehead atoms. The minimum atomic E-state index is -0.638. The lowest BCUT2D eigenvalue weighted by Crippen LogP contribution is -2.36. The molecule has 0 saturated heterocycles. The number of aromatic nitrogens is 1. The number of nitrogens with one attached hydrogen (secondary N) is 1. The standard InChI is InChI=1S/C9H15ClN2OS/c1-3-9(2,13)6-11-5-8-12-4-7(10)14-8/h4,11,13H,3,5-6H2,1-2H3. The van der Waals surface area contributed by atoms with E-state index in [9.17, 15) is 5.11 Å². The van der Waals surface area contributed by atoms with Crippen LogP contribution < -0.4 is 5.32 Å². The van der Waals surface area contributed by atoms with Crippen LogP contribution in [0.5, 0.6) is 0 Å². The fourth-order valence-electron chi connectivity index (χ4n) is 0.933. The Hall–Kier alpha value is -0.160. The molecule has 1 atom stereocenters. The fraction of sp³-hybridized carbons (Fsp3) is 0.667. The molecule has 0 spiro atoms. The quantitative estimate of drug-likeness (QED) is 0.820. The van der Waals surface area contributed by atoms with E-state index in [1.54, 1.807) is 6.20 Å². The van der Waals surface area contributed by atoms with Crippen LogP contribution in [-0.2, 0) is 6.54 Å². The van der Waals surface area contributed by atoms with Crippen molar-refractivity contribution >= 4 is 22.9 Å². The van der Waals surface area contributed by atoms with E-state index >= 15 is 0 Å². The molecule has 0 aliphatic rings. The van der Waals surface area contributed by atoms with E-state index in [-0.39, 0.29) is 0 Å². The Morgan fingerprint density at radius 2 is 2.43 bits per heavy atom. The Kier molecular flexibility index (Phi) is 4.31. The SMILES string of the molecule is CCC(C)(O)CNCc1ncc(Cl)s1. The van der Waals surface area contributed by atoms with Crippen molar-refractivity contribution in [3.05, 3.63) is 15.5 Å². The second-order valence-corrected chi connectivity index (χ2v) is 5.26. The Morgan fingerprint density at radius 3 is 2.93 bits per heavy atom. The summed E-state index contributed by atoms with van der Waals surface area (Å²) >= 11 is 7.19. The van der Waals surface area contributed by atoms with Crippen molar-refractivity contribution in [2.24, 2.45) is 0 Å². The van der Waals surface area contributed by atoms with Gasteiger partial charge in [0, 0.05) is 13.1 Å². The van der Waals surface area contributed by atoms with Crippen LogP contribution in [0.3, 0.4) is 0 Å². The molecular weight excluding hydrogens is 220 g/mol. The molecule has 0 amide bonds. The monoisotopic (exact) mass is 234 g/mol. The number of nitrogens with zero attached hydrogens (tertiary/aromatic N) is 1. The molecule has 0 radical (unpaired) electrons. The van der Waals surface area contributed by atoms with Crippen molar-refractivity contribution in [1.29, 1.82) is 0 Å². The largest absolute Gasteiger partial charge is 0.389 e. The van der Waals surface area contributed by atoms with Gasteiger partial charge in [-0.25, -0.2) is 4.98 Å². The highest BCUT2D eigenvalue weighted by atomic mass is 35.5. The van der Waals surface area contributed by atoms with Gasteiger partial charge in [0.05, 0.1) is 11.8 Å². The fourth-order valence-corrected chi connectivity index (χ4v) is 1.86. The molecule has 0 aliphatic heterocycles. The van der Waals surface area contributed by atoms with Crippen molar-refractivity contribution in [3.63, 3.8) is 0 Å². The summed E-state index contributed by atoms with van der Waals surface area (Å²) in [7, 11) is 0. The lowest BCUT2D eigenvalue weighted by Gasteiger charge is -2.21. The van der Waals surface area contributed by atoms with Gasteiger partial charge in [-0.3, -0.25) is 0 Å². The molecule has 0 aliphatic carbocycles. The third-order valence-corrected chi connectivity index (χ3v) is 3.18. The van der Waals surface area contributed by atoms with Crippen molar-refractivity contribution in [3.8, 4) is 0 Å². The first-order chi connectivity index (χ1) is 6.53. The van der Waals surface area contributed by atoms with E-state index in [1.807, 2.05) is 13.8 Å². The van der Waals surface area contributed by atoms with E-state index < -0.39 is 5.60 Å². The minimum absolute atomic E-state index is 0.570. The topological polar surface area (TPSA) is 45.1 Å². The predicted octanol–water partition coefficient (Wildman–Crippen LogP) is 2.05. The van der Waals surface area contributed by atoms with Crippen LogP contribution in [0.1, 0.15) is 25.3 Å². The van der Waals surface area contributed by atoms with Gasteiger partial charge in [0.15, 0.2) is 0 Å². The van der Waals surface area contributed by atoms with Gasteiger partial charge < -0.3 is 10.4 Å². The number of halogens is 1. The molecule has 5 heteroatoms. The Morgan fingerprint density at radius 1 is 1.71 bits per heavy atom. The van der Waals surface area contributed by atoms with E-state index in [0.717, 1.165) is 11.4 Å². The first kappa shape index (κ1) is 11.9. The minimum Gasteiger partial charge on any atom is -0.389 e. The molecule has 0 fully saturated rings. The van der Waals surface area contributed by atoms with E-state index in [0.29, 0.717) is 17.4 Å². The van der Waals surface area contributed by atoms with Gasteiger partial charge in [-0.15, -0.1) is 11.3 Å². The molecule has 2 N–H and O–H groups in total. The van der Waals surface area contributed by atoms with Gasteiger partial charge in [0.1, 0.15) is 9.34 Å². The number of hydrogen-bond acceptors (Lipinski definition) is 4. The maximum absolute atomic E-state index is 9.70. The molecule has 0 aromatic carbocycles. The van der Waals surface area contributed by atoms with E-state index in [4.69, 9.17) is 11.6 Å². The molecule has 3 nitrogen and oxygen atoms in total. The molecule has 0 saturated carbocycles. The highest BCUT2D eigenvalue weighted by molar-refractivity contribution is 7.15. The third kappa shape index (κ3) is 3.92. The maximum Gasteiger partial charge on any atom is 0.113 e. The summed E-state index contributed by atoms with van der Waals surface area (Å²) in [6.45, 7) is 5.00. The summed E-state index contributed by atoms with van der Waals surface area (Å²) in [5, 5.41) is 13.8. The average molecular weight is 235 g/mol. The maximum atomic E-state index is 9.70. The summed E-state index contributed by atoms with van der Waals surface area (Å²) in [6, 6.07) is 0. The van der Waals surface area contributed by atoms with E-state index in [2.05, 4.69) is 10.3 Å². The molecule has 1 heterocycles. The Balaban J connectivity index is 2.28. The first-order valence-electron chi connectivity index (χ1n) is 4.57. The number of aliphatic hydroxyl groups is 1. The molecule has 1 unspecified atom stereocenters. The molecule has 1 aromatic rings. The second-order valence-electron chi connectivity index (χ2n) is 3.51. The zero-order valence-electron chi connectivity index (χ0n) is 8.38. The molecule has 80 valence electrons. The van der Waals surface area contributed by atoms with Gasteiger partial charge >= 0.3 is 0 Å². The normalized spacial score (nSPS) is 15.4. The lowest BCUT2D eigenvalue weighted by molar-refractivity contribution is 0.0555. The summed E-state index contributed by atoms with van der Waals surface area (Å²) in [4.78, 5) is 4.10. The second kappa shape index (κ2) is 5.07. The van der Waals surface area contributed by atoms with Crippen LogP contribution in [0, 0.1) is 0 Å². The van der Waals surface area contributed by atoms with Gasteiger partial charge in [-0.2, -0.15) is 0 Å². The van der Waals surface area contributed by atoms with E-state index in [1.165, 1.54) is 11.3 Å². The van der Waals surface area contributed by atoms with Gasteiger partial charge in [0.25, 0.3) is 0 Å². The summed E-state index contributed by atoms with van der Waals surface area (Å²) in [6.07, 6.45) is 2.37. The Bertz CT molecular complexity index is 288. The molecule has 1 rings (SSSR count). The molecular formula is C9H15ClN2OS. The van der Waals surface area contributed by atoms with Crippen LogP contribution in [0.15, 0.2) is 6.20 Å². The van der Waals surface area contributed by atoms with Crippen LogP contribution in [0.4, 0.5) is 0 Å². The van der Waals surface area contributed by atoms with Crippen LogP contribution in [-0.4, -0.2) is 22.2 Å². The van der Waals surface area contributed by atoms with Gasteiger partial charge in [0.2, 0.25) is 0 Å². The van der Waals surface area contributed by atoms with Crippen molar-refractivity contribution in [2.45, 2.75) is 32.4 Å². The average Bonchev–Trinajstić information content (AvgIpc) is 2.51. The van der Waals surface area contributed by atoms with Crippen molar-refractivity contribution in [1.82, 2.24) is 10.3 Å². The molecule has 14 heavy (non-hydrogen) atoms. The predicted molar refractivity (Wildman–Crippen MR) is 59.7 cm³/mol. The zero-order valence-corrected chi connectivity index (χ0v) is 9.95. The highest BCUT2D eigenvalue weighted by Crippen LogP contribution is 2.18. The summed E-state index contributed by atoms with van der Waals surface area (Å²) < 4.78 is 0.698. The first-order valence-corrected chi connectivity index (χ1v) is 5.76. The smallest absolute Gasteiger partial charge is 0.113 e. The number of hydrogen-bond donors (Lipinski definition) is 2. The van der Waals surface area contributed by atoms with Gasteiger partial charge in [-0.1, -0.05) is 18.5 Å². The highest BCUT2D eigenvalue weighted by Gasteiger charge is 2.16. The molecule has 1 aromatic heterocycles. The van der Waals surface area contributed by atoms with Crippen LogP contribution >= 0.6 is 22.9 Å². The lowest BCUT2D eigenvalue weighted by atomic mass is 10.0. The van der Waals surface area contributed by atoms with Crippen molar-refractivity contribution < 1.29 is 5.11 Å².